The minimum Gasteiger partial charge on any atom is -0.381 e. The first-order valence-electron chi connectivity index (χ1n) is 6.84. The molecule has 4 nitrogen and oxygen atoms in total. The van der Waals surface area contributed by atoms with Crippen molar-refractivity contribution in [2.45, 2.75) is 25.8 Å². The predicted octanol–water partition coefficient (Wildman–Crippen LogP) is 2.27. The number of hydrogen-bond donors (Lipinski definition) is 1. The van der Waals surface area contributed by atoms with Crippen LogP contribution in [0.1, 0.15) is 19.8 Å². The first-order valence-corrected chi connectivity index (χ1v) is 8.90. The van der Waals surface area contributed by atoms with Gasteiger partial charge in [-0.25, -0.2) is 12.8 Å². The Bertz CT molecular complexity index is 569. The van der Waals surface area contributed by atoms with Gasteiger partial charge in [-0.3, -0.25) is 0 Å². The van der Waals surface area contributed by atoms with Crippen molar-refractivity contribution in [1.29, 1.82) is 0 Å². The maximum Gasteiger partial charge on any atom is 0.149 e. The minimum atomic E-state index is -3.04. The number of sulfone groups is 1. The SMILES string of the molecule is CC(CS(C)(=O)=O)Nc1ccc(N2CCCC2)c(F)c1. The van der Waals surface area contributed by atoms with Gasteiger partial charge in [-0.05, 0) is 38.0 Å². The molecule has 1 heterocycles. The van der Waals surface area contributed by atoms with Crippen LogP contribution in [0.3, 0.4) is 0 Å². The fourth-order valence-corrected chi connectivity index (χ4v) is 3.58. The largest absolute Gasteiger partial charge is 0.381 e. The highest BCUT2D eigenvalue weighted by Gasteiger charge is 2.17. The standard InChI is InChI=1S/C14H21FN2O2S/c1-11(10-20(2,18)19)16-12-5-6-14(13(15)9-12)17-7-3-4-8-17/h5-6,9,11,16H,3-4,7-8,10H2,1-2H3. The molecule has 0 aliphatic carbocycles. The molecule has 0 bridgehead atoms. The number of nitrogens with zero attached hydrogens (tertiary/aromatic N) is 1. The Labute approximate surface area is 119 Å². The third-order valence-corrected chi connectivity index (χ3v) is 4.47. The molecule has 0 amide bonds. The summed E-state index contributed by atoms with van der Waals surface area (Å²) in [6.45, 7) is 3.57. The third kappa shape index (κ3) is 4.10. The molecule has 1 fully saturated rings. The predicted molar refractivity (Wildman–Crippen MR) is 80.6 cm³/mol. The van der Waals surface area contributed by atoms with E-state index in [9.17, 15) is 12.8 Å². The van der Waals surface area contributed by atoms with Crippen LogP contribution in [0.2, 0.25) is 0 Å². The number of hydrogen-bond acceptors (Lipinski definition) is 4. The maximum absolute atomic E-state index is 14.1. The summed E-state index contributed by atoms with van der Waals surface area (Å²) >= 11 is 0. The number of rotatable bonds is 5. The molecule has 6 heteroatoms. The molecule has 1 aromatic carbocycles. The Morgan fingerprint density at radius 3 is 2.55 bits per heavy atom. The molecule has 1 atom stereocenters. The van der Waals surface area contributed by atoms with E-state index >= 15 is 0 Å². The van der Waals surface area contributed by atoms with Gasteiger partial charge in [0.25, 0.3) is 0 Å². The lowest BCUT2D eigenvalue weighted by atomic mass is 10.2. The molecule has 1 aliphatic rings. The van der Waals surface area contributed by atoms with Crippen LogP contribution in [0.4, 0.5) is 15.8 Å². The first-order chi connectivity index (χ1) is 9.35. The van der Waals surface area contributed by atoms with Gasteiger partial charge in [0.05, 0.1) is 11.4 Å². The lowest BCUT2D eigenvalue weighted by Crippen LogP contribution is -2.25. The van der Waals surface area contributed by atoms with E-state index in [2.05, 4.69) is 5.32 Å². The third-order valence-electron chi connectivity index (χ3n) is 3.36. The van der Waals surface area contributed by atoms with Gasteiger partial charge in [0.1, 0.15) is 15.7 Å². The Hall–Kier alpha value is -1.30. The number of nitrogens with one attached hydrogen (secondary N) is 1. The van der Waals surface area contributed by atoms with Crippen LogP contribution in [0.15, 0.2) is 18.2 Å². The average molecular weight is 300 g/mol. The van der Waals surface area contributed by atoms with E-state index in [4.69, 9.17) is 0 Å². The molecule has 0 radical (unpaired) electrons. The molecule has 1 saturated heterocycles. The van der Waals surface area contributed by atoms with Crippen LogP contribution in [0.25, 0.3) is 0 Å². The molecule has 1 N–H and O–H groups in total. The smallest absolute Gasteiger partial charge is 0.149 e. The van der Waals surface area contributed by atoms with Gasteiger partial charge < -0.3 is 10.2 Å². The van der Waals surface area contributed by atoms with Crippen LogP contribution in [-0.4, -0.2) is 39.6 Å². The van der Waals surface area contributed by atoms with Gasteiger partial charge in [0.15, 0.2) is 0 Å². The summed E-state index contributed by atoms with van der Waals surface area (Å²) in [6.07, 6.45) is 3.40. The molecule has 1 unspecified atom stereocenters. The molecular weight excluding hydrogens is 279 g/mol. The van der Waals surface area contributed by atoms with Gasteiger partial charge in [0, 0.05) is 31.1 Å². The van der Waals surface area contributed by atoms with E-state index in [-0.39, 0.29) is 17.6 Å². The lowest BCUT2D eigenvalue weighted by molar-refractivity contribution is 0.598. The van der Waals surface area contributed by atoms with E-state index in [1.807, 2.05) is 4.90 Å². The van der Waals surface area contributed by atoms with Crippen molar-refractivity contribution in [2.24, 2.45) is 0 Å². The van der Waals surface area contributed by atoms with Crippen molar-refractivity contribution in [3.8, 4) is 0 Å². The van der Waals surface area contributed by atoms with Crippen molar-refractivity contribution >= 4 is 21.2 Å². The summed E-state index contributed by atoms with van der Waals surface area (Å²) in [4.78, 5) is 2.04. The van der Waals surface area contributed by atoms with Gasteiger partial charge in [0.2, 0.25) is 0 Å². The van der Waals surface area contributed by atoms with Crippen molar-refractivity contribution in [3.63, 3.8) is 0 Å². The molecular formula is C14H21FN2O2S. The molecule has 1 aliphatic heterocycles. The Morgan fingerprint density at radius 1 is 1.35 bits per heavy atom. The van der Waals surface area contributed by atoms with Crippen LogP contribution in [0.5, 0.6) is 0 Å². The normalized spacial score (nSPS) is 17.2. The van der Waals surface area contributed by atoms with Gasteiger partial charge in [-0.15, -0.1) is 0 Å². The van der Waals surface area contributed by atoms with Crippen LogP contribution >= 0.6 is 0 Å². The quantitative estimate of drug-likeness (QED) is 0.906. The second kappa shape index (κ2) is 5.99. The van der Waals surface area contributed by atoms with Crippen molar-refractivity contribution < 1.29 is 12.8 Å². The molecule has 0 saturated carbocycles. The first kappa shape index (κ1) is 15.1. The molecule has 1 aromatic rings. The van der Waals surface area contributed by atoms with E-state index in [0.717, 1.165) is 25.9 Å². The fraction of sp³-hybridized carbons (Fsp3) is 0.571. The van der Waals surface area contributed by atoms with E-state index in [1.54, 1.807) is 19.1 Å². The molecule has 20 heavy (non-hydrogen) atoms. The second-order valence-corrected chi connectivity index (χ2v) is 7.68. The van der Waals surface area contributed by atoms with Gasteiger partial charge in [-0.2, -0.15) is 0 Å². The number of anilines is 2. The molecule has 0 aromatic heterocycles. The highest BCUT2D eigenvalue weighted by atomic mass is 32.2. The zero-order valence-corrected chi connectivity index (χ0v) is 12.7. The summed E-state index contributed by atoms with van der Waals surface area (Å²) in [7, 11) is -3.04. The van der Waals surface area contributed by atoms with Crippen molar-refractivity contribution in [1.82, 2.24) is 0 Å². The van der Waals surface area contributed by atoms with E-state index in [0.29, 0.717) is 11.4 Å². The van der Waals surface area contributed by atoms with Crippen LogP contribution in [-0.2, 0) is 9.84 Å². The van der Waals surface area contributed by atoms with Crippen molar-refractivity contribution in [2.75, 3.05) is 35.3 Å². The number of halogens is 1. The highest BCUT2D eigenvalue weighted by Crippen LogP contribution is 2.26. The summed E-state index contributed by atoms with van der Waals surface area (Å²) in [5.41, 5.74) is 1.24. The van der Waals surface area contributed by atoms with Gasteiger partial charge in [-0.1, -0.05) is 0 Å². The number of benzene rings is 1. The minimum absolute atomic E-state index is 0.0303. The summed E-state index contributed by atoms with van der Waals surface area (Å²) in [6, 6.07) is 4.75. The second-order valence-electron chi connectivity index (χ2n) is 5.50. The maximum atomic E-state index is 14.1. The molecule has 0 spiro atoms. The topological polar surface area (TPSA) is 49.4 Å². The van der Waals surface area contributed by atoms with E-state index in [1.165, 1.54) is 12.3 Å². The van der Waals surface area contributed by atoms with Crippen molar-refractivity contribution in [3.05, 3.63) is 24.0 Å². The fourth-order valence-electron chi connectivity index (χ4n) is 2.59. The Kier molecular flexibility index (Phi) is 4.52. The average Bonchev–Trinajstić information content (AvgIpc) is 2.79. The zero-order valence-electron chi connectivity index (χ0n) is 11.9. The lowest BCUT2D eigenvalue weighted by Gasteiger charge is -2.20. The summed E-state index contributed by atoms with van der Waals surface area (Å²) < 4.78 is 36.5. The summed E-state index contributed by atoms with van der Waals surface area (Å²) in [5.74, 6) is -0.230. The zero-order chi connectivity index (χ0) is 14.8. The van der Waals surface area contributed by atoms with Gasteiger partial charge >= 0.3 is 0 Å². The van der Waals surface area contributed by atoms with Crippen LogP contribution < -0.4 is 10.2 Å². The Balaban J connectivity index is 2.05. The molecule has 2 rings (SSSR count). The van der Waals surface area contributed by atoms with E-state index < -0.39 is 9.84 Å². The monoisotopic (exact) mass is 300 g/mol. The molecule has 112 valence electrons. The van der Waals surface area contributed by atoms with Crippen LogP contribution in [0, 0.1) is 5.82 Å². The highest BCUT2D eigenvalue weighted by molar-refractivity contribution is 7.90. The Morgan fingerprint density at radius 2 is 2.00 bits per heavy atom. The summed E-state index contributed by atoms with van der Waals surface area (Å²) in [5, 5.41) is 3.02.